The molecule has 5 rings (SSSR count). The Labute approximate surface area is 176 Å². The van der Waals surface area contributed by atoms with Gasteiger partial charge in [-0.3, -0.25) is 4.79 Å². The van der Waals surface area contributed by atoms with Crippen molar-refractivity contribution >= 4 is 29.0 Å². The van der Waals surface area contributed by atoms with E-state index < -0.39 is 0 Å². The van der Waals surface area contributed by atoms with E-state index >= 15 is 0 Å². The molecule has 3 aliphatic rings. The maximum Gasteiger partial charge on any atom is 0.234 e. The first-order valence-corrected chi connectivity index (χ1v) is 12.0. The van der Waals surface area contributed by atoms with E-state index in [1.807, 2.05) is 12.1 Å². The lowest BCUT2D eigenvalue weighted by Gasteiger charge is -2.22. The molecule has 1 aromatic carbocycles. The minimum Gasteiger partial charge on any atom is -0.372 e. The largest absolute Gasteiger partial charge is 0.372 e. The van der Waals surface area contributed by atoms with Gasteiger partial charge in [0.1, 0.15) is 5.82 Å². The summed E-state index contributed by atoms with van der Waals surface area (Å²) in [7, 11) is 0. The van der Waals surface area contributed by atoms with Crippen LogP contribution in [0.5, 0.6) is 0 Å². The van der Waals surface area contributed by atoms with E-state index in [9.17, 15) is 4.79 Å². The molecule has 1 N–H and O–H groups in total. The Morgan fingerprint density at radius 1 is 1.00 bits per heavy atom. The van der Waals surface area contributed by atoms with Gasteiger partial charge in [-0.15, -0.1) is 10.2 Å². The molecule has 1 saturated heterocycles. The average molecular weight is 412 g/mol. The highest BCUT2D eigenvalue weighted by Gasteiger charge is 2.36. The highest BCUT2D eigenvalue weighted by molar-refractivity contribution is 7.99. The van der Waals surface area contributed by atoms with Crippen LogP contribution in [0.2, 0.25) is 0 Å². The number of carbonyl (C=O) groups excluding carboxylic acids is 1. The second-order valence-corrected chi connectivity index (χ2v) is 9.44. The van der Waals surface area contributed by atoms with Gasteiger partial charge in [-0.1, -0.05) is 24.6 Å². The molecule has 0 unspecified atom stereocenters. The van der Waals surface area contributed by atoms with Crippen LogP contribution in [0.3, 0.4) is 0 Å². The fourth-order valence-corrected chi connectivity index (χ4v) is 4.91. The summed E-state index contributed by atoms with van der Waals surface area (Å²) >= 11 is 1.51. The number of anilines is 2. The van der Waals surface area contributed by atoms with Gasteiger partial charge in [-0.25, -0.2) is 0 Å². The topological polar surface area (TPSA) is 63.1 Å². The standard InChI is InChI=1S/C22H29N5OS/c28-20(15-29-22-25-24-21(16-5-6-16)27(22)19-11-12-19)23-17-7-9-18(10-8-17)26-13-3-1-2-4-14-26/h7-10,16,19H,1-6,11-15H2,(H,23,28). The zero-order valence-electron chi connectivity index (χ0n) is 16.8. The van der Waals surface area contributed by atoms with Crippen LogP contribution in [0.25, 0.3) is 0 Å². The van der Waals surface area contributed by atoms with Crippen molar-refractivity contribution in [2.75, 3.05) is 29.1 Å². The summed E-state index contributed by atoms with van der Waals surface area (Å²) in [6, 6.07) is 8.83. The first-order chi connectivity index (χ1) is 14.3. The summed E-state index contributed by atoms with van der Waals surface area (Å²) in [5, 5.41) is 12.7. The number of nitrogens with one attached hydrogen (secondary N) is 1. The zero-order valence-corrected chi connectivity index (χ0v) is 17.7. The molecular weight excluding hydrogens is 382 g/mol. The fourth-order valence-electron chi connectivity index (χ4n) is 4.09. The maximum absolute atomic E-state index is 12.5. The Morgan fingerprint density at radius 3 is 2.38 bits per heavy atom. The van der Waals surface area contributed by atoms with E-state index in [0.717, 1.165) is 29.8 Å². The molecule has 2 heterocycles. The number of rotatable bonds is 7. The molecule has 2 aliphatic carbocycles. The van der Waals surface area contributed by atoms with Gasteiger partial charge in [0.15, 0.2) is 5.16 Å². The molecule has 154 valence electrons. The molecule has 1 amide bonds. The van der Waals surface area contributed by atoms with Gasteiger partial charge in [0.2, 0.25) is 5.91 Å². The second-order valence-electron chi connectivity index (χ2n) is 8.50. The first-order valence-electron chi connectivity index (χ1n) is 11.0. The molecule has 6 nitrogen and oxygen atoms in total. The number of hydrogen-bond donors (Lipinski definition) is 1. The SMILES string of the molecule is O=C(CSc1nnc(C2CC2)n1C1CC1)Nc1ccc(N2CCCCCC2)cc1. The summed E-state index contributed by atoms with van der Waals surface area (Å²) in [5.41, 5.74) is 2.11. The normalized spacial score (nSPS) is 19.8. The second kappa shape index (κ2) is 8.38. The molecule has 0 bridgehead atoms. The number of nitrogens with zero attached hydrogens (tertiary/aromatic N) is 4. The van der Waals surface area contributed by atoms with Crippen LogP contribution in [0, 0.1) is 0 Å². The van der Waals surface area contributed by atoms with E-state index in [-0.39, 0.29) is 5.91 Å². The third-order valence-corrected chi connectivity index (χ3v) is 6.94. The predicted molar refractivity (Wildman–Crippen MR) is 117 cm³/mol. The van der Waals surface area contributed by atoms with Crippen LogP contribution in [0.4, 0.5) is 11.4 Å². The number of carbonyl (C=O) groups is 1. The fraction of sp³-hybridized carbons (Fsp3) is 0.591. The molecule has 0 radical (unpaired) electrons. The van der Waals surface area contributed by atoms with Crippen LogP contribution in [0.1, 0.15) is 69.2 Å². The number of thioether (sulfide) groups is 1. The van der Waals surface area contributed by atoms with Crippen molar-refractivity contribution in [1.29, 1.82) is 0 Å². The van der Waals surface area contributed by atoms with E-state index in [1.165, 1.54) is 68.8 Å². The molecule has 2 aromatic rings. The van der Waals surface area contributed by atoms with E-state index in [0.29, 0.717) is 17.7 Å². The number of aromatic nitrogens is 3. The van der Waals surface area contributed by atoms with Gasteiger partial charge < -0.3 is 14.8 Å². The van der Waals surface area contributed by atoms with Gasteiger partial charge in [0, 0.05) is 36.4 Å². The van der Waals surface area contributed by atoms with Crippen molar-refractivity contribution in [2.24, 2.45) is 0 Å². The number of hydrogen-bond acceptors (Lipinski definition) is 5. The highest BCUT2D eigenvalue weighted by Crippen LogP contribution is 2.46. The molecular formula is C22H29N5OS. The monoisotopic (exact) mass is 411 g/mol. The Hall–Kier alpha value is -2.02. The Morgan fingerprint density at radius 2 is 1.72 bits per heavy atom. The average Bonchev–Trinajstić information content (AvgIpc) is 3.63. The summed E-state index contributed by atoms with van der Waals surface area (Å²) in [6.07, 6.45) is 10.1. The van der Waals surface area contributed by atoms with Crippen LogP contribution in [0.15, 0.2) is 29.4 Å². The molecule has 1 aliphatic heterocycles. The van der Waals surface area contributed by atoms with E-state index in [4.69, 9.17) is 0 Å². The van der Waals surface area contributed by atoms with Gasteiger partial charge in [0.05, 0.1) is 5.75 Å². The minimum atomic E-state index is 0.0100. The van der Waals surface area contributed by atoms with Crippen molar-refractivity contribution < 1.29 is 4.79 Å². The van der Waals surface area contributed by atoms with Crippen molar-refractivity contribution in [3.8, 4) is 0 Å². The molecule has 2 saturated carbocycles. The lowest BCUT2D eigenvalue weighted by Crippen LogP contribution is -2.23. The summed E-state index contributed by atoms with van der Waals surface area (Å²) in [6.45, 7) is 2.26. The van der Waals surface area contributed by atoms with Crippen LogP contribution >= 0.6 is 11.8 Å². The van der Waals surface area contributed by atoms with Gasteiger partial charge in [-0.2, -0.15) is 0 Å². The Kier molecular flexibility index (Phi) is 5.48. The summed E-state index contributed by atoms with van der Waals surface area (Å²) in [5.74, 6) is 2.10. The van der Waals surface area contributed by atoms with Crippen molar-refractivity contribution in [3.05, 3.63) is 30.1 Å². The van der Waals surface area contributed by atoms with Crippen LogP contribution in [-0.4, -0.2) is 39.5 Å². The Balaban J connectivity index is 1.16. The maximum atomic E-state index is 12.5. The van der Waals surface area contributed by atoms with Crippen LogP contribution < -0.4 is 10.2 Å². The number of benzene rings is 1. The number of amides is 1. The predicted octanol–water partition coefficient (Wildman–Crippen LogP) is 4.60. The molecule has 29 heavy (non-hydrogen) atoms. The quantitative estimate of drug-likeness (QED) is 0.675. The first kappa shape index (κ1) is 19.0. The molecule has 1 aromatic heterocycles. The smallest absolute Gasteiger partial charge is 0.234 e. The summed E-state index contributed by atoms with van der Waals surface area (Å²) < 4.78 is 2.30. The van der Waals surface area contributed by atoms with Gasteiger partial charge in [-0.05, 0) is 62.8 Å². The lowest BCUT2D eigenvalue weighted by molar-refractivity contribution is -0.113. The van der Waals surface area contributed by atoms with E-state index in [2.05, 4.69) is 37.1 Å². The molecule has 0 atom stereocenters. The van der Waals surface area contributed by atoms with Crippen LogP contribution in [-0.2, 0) is 4.79 Å². The molecule has 7 heteroatoms. The highest BCUT2D eigenvalue weighted by atomic mass is 32.2. The lowest BCUT2D eigenvalue weighted by atomic mass is 10.2. The van der Waals surface area contributed by atoms with Crippen molar-refractivity contribution in [2.45, 2.75) is 68.5 Å². The van der Waals surface area contributed by atoms with E-state index in [1.54, 1.807) is 0 Å². The van der Waals surface area contributed by atoms with Crippen molar-refractivity contribution in [3.63, 3.8) is 0 Å². The molecule has 3 fully saturated rings. The van der Waals surface area contributed by atoms with Crippen molar-refractivity contribution in [1.82, 2.24) is 14.8 Å². The third kappa shape index (κ3) is 4.60. The van der Waals surface area contributed by atoms with Gasteiger partial charge >= 0.3 is 0 Å². The summed E-state index contributed by atoms with van der Waals surface area (Å²) in [4.78, 5) is 14.9. The Bertz CT molecular complexity index is 849. The minimum absolute atomic E-state index is 0.0100. The third-order valence-electron chi connectivity index (χ3n) is 6.00. The zero-order chi connectivity index (χ0) is 19.6. The van der Waals surface area contributed by atoms with Gasteiger partial charge in [0.25, 0.3) is 0 Å². The molecule has 0 spiro atoms.